The van der Waals surface area contributed by atoms with Crippen LogP contribution < -0.4 is 9.47 Å². The molecule has 188 valence electrons. The minimum atomic E-state index is -1.64. The molecule has 0 saturated heterocycles. The van der Waals surface area contributed by atoms with Crippen molar-refractivity contribution in [1.82, 2.24) is 4.98 Å². The third kappa shape index (κ3) is 5.73. The van der Waals surface area contributed by atoms with Gasteiger partial charge in [0.15, 0.2) is 11.6 Å². The van der Waals surface area contributed by atoms with E-state index >= 15 is 0 Å². The quantitative estimate of drug-likeness (QED) is 0.248. The van der Waals surface area contributed by atoms with Gasteiger partial charge in [-0.3, -0.25) is 0 Å². The highest BCUT2D eigenvalue weighted by atomic mass is 32.1. The van der Waals surface area contributed by atoms with E-state index in [9.17, 15) is 18.7 Å². The van der Waals surface area contributed by atoms with Gasteiger partial charge in [-0.15, -0.1) is 11.3 Å². The second-order valence-corrected chi connectivity index (χ2v) is 9.20. The van der Waals surface area contributed by atoms with Crippen LogP contribution in [0.2, 0.25) is 0 Å². The summed E-state index contributed by atoms with van der Waals surface area (Å²) in [7, 11) is 0. The smallest absolute Gasteiger partial charge is 0.348 e. The first kappa shape index (κ1) is 25.4. The molecule has 1 unspecified atom stereocenters. The number of hydrogen-bond acceptors (Lipinski definition) is 6. The lowest BCUT2D eigenvalue weighted by Crippen LogP contribution is -2.46. The number of rotatable bonds is 11. The number of aromatic nitrogens is 1. The summed E-state index contributed by atoms with van der Waals surface area (Å²) in [5, 5.41) is 11.9. The van der Waals surface area contributed by atoms with E-state index in [0.717, 1.165) is 28.5 Å². The zero-order valence-electron chi connectivity index (χ0n) is 19.8. The number of benzene rings is 2. The minimum Gasteiger partial charge on any atom is -0.493 e. The van der Waals surface area contributed by atoms with Gasteiger partial charge in [-0.05, 0) is 54.6 Å². The highest BCUT2D eigenvalue weighted by Crippen LogP contribution is 2.29. The van der Waals surface area contributed by atoms with E-state index in [1.807, 2.05) is 24.4 Å². The Morgan fingerprint density at radius 3 is 2.50 bits per heavy atom. The van der Waals surface area contributed by atoms with Gasteiger partial charge in [0, 0.05) is 18.9 Å². The van der Waals surface area contributed by atoms with E-state index in [-0.39, 0.29) is 18.6 Å². The molecule has 0 bridgehead atoms. The molecule has 2 aromatic heterocycles. The zero-order valence-corrected chi connectivity index (χ0v) is 20.6. The molecule has 0 fully saturated rings. The molecule has 2 aromatic carbocycles. The molecule has 2 heterocycles. The number of nitrogens with zero attached hydrogens (tertiary/aromatic N) is 1. The van der Waals surface area contributed by atoms with Gasteiger partial charge in [0.05, 0.1) is 17.2 Å². The highest BCUT2D eigenvalue weighted by molar-refractivity contribution is 7.13. The molecule has 1 atom stereocenters. The van der Waals surface area contributed by atoms with Crippen LogP contribution in [0.15, 0.2) is 64.4 Å². The van der Waals surface area contributed by atoms with Gasteiger partial charge in [-0.25, -0.2) is 18.6 Å². The molecule has 0 aliphatic carbocycles. The summed E-state index contributed by atoms with van der Waals surface area (Å²) < 4.78 is 44.1. The van der Waals surface area contributed by atoms with E-state index in [4.69, 9.17) is 13.9 Å². The standard InChI is InChI=1S/C27H25F2NO5S/c1-3-27(26(31)32,35-20-10-11-21(28)22(29)15-20)16-18-6-8-19(9-7-18)33-13-12-23-17(2)34-25(30-23)24-5-4-14-36-24/h4-11,14-15H,3,12-13,16H2,1-2H3,(H,31,32). The van der Waals surface area contributed by atoms with Crippen LogP contribution >= 0.6 is 11.3 Å². The number of aliphatic carboxylic acids is 1. The number of aryl methyl sites for hydroxylation is 1. The number of carboxylic acid groups (broad SMARTS) is 1. The van der Waals surface area contributed by atoms with Gasteiger partial charge in [-0.1, -0.05) is 25.1 Å². The first-order valence-corrected chi connectivity index (χ1v) is 12.3. The van der Waals surface area contributed by atoms with Gasteiger partial charge in [0.1, 0.15) is 17.3 Å². The van der Waals surface area contributed by atoms with Gasteiger partial charge in [0.25, 0.3) is 0 Å². The molecule has 4 aromatic rings. The Morgan fingerprint density at radius 1 is 1.11 bits per heavy atom. The molecule has 9 heteroatoms. The SMILES string of the molecule is CCC(Cc1ccc(OCCc2nc(-c3cccs3)oc2C)cc1)(Oc1ccc(F)c(F)c1)C(=O)O. The average Bonchev–Trinajstić information content (AvgIpc) is 3.52. The lowest BCUT2D eigenvalue weighted by atomic mass is 9.91. The van der Waals surface area contributed by atoms with Gasteiger partial charge < -0.3 is 19.0 Å². The molecular weight excluding hydrogens is 488 g/mol. The van der Waals surface area contributed by atoms with Crippen LogP contribution in [0.25, 0.3) is 10.8 Å². The summed E-state index contributed by atoms with van der Waals surface area (Å²) >= 11 is 1.56. The summed E-state index contributed by atoms with van der Waals surface area (Å²) in [5.74, 6) is -1.40. The third-order valence-corrected chi connectivity index (χ3v) is 6.67. The predicted octanol–water partition coefficient (Wildman–Crippen LogP) is 6.47. The zero-order chi connectivity index (χ0) is 25.7. The average molecular weight is 514 g/mol. The fourth-order valence-corrected chi connectivity index (χ4v) is 4.38. The van der Waals surface area contributed by atoms with Crippen molar-refractivity contribution in [3.05, 3.63) is 88.6 Å². The summed E-state index contributed by atoms with van der Waals surface area (Å²) in [6.07, 6.45) is 0.717. The maximum absolute atomic E-state index is 13.6. The van der Waals surface area contributed by atoms with Crippen LogP contribution in [0, 0.1) is 18.6 Å². The van der Waals surface area contributed by atoms with Crippen LogP contribution in [0.1, 0.15) is 30.4 Å². The summed E-state index contributed by atoms with van der Waals surface area (Å²) in [4.78, 5) is 17.7. The van der Waals surface area contributed by atoms with Crippen molar-refractivity contribution < 1.29 is 32.6 Å². The van der Waals surface area contributed by atoms with Crippen LogP contribution in [0.3, 0.4) is 0 Å². The van der Waals surface area contributed by atoms with Crippen molar-refractivity contribution in [1.29, 1.82) is 0 Å². The molecule has 4 rings (SSSR count). The minimum absolute atomic E-state index is 0.0295. The van der Waals surface area contributed by atoms with E-state index in [2.05, 4.69) is 4.98 Å². The molecule has 36 heavy (non-hydrogen) atoms. The van der Waals surface area contributed by atoms with Gasteiger partial charge >= 0.3 is 5.97 Å². The van der Waals surface area contributed by atoms with Crippen molar-refractivity contribution in [2.75, 3.05) is 6.61 Å². The number of thiophene rings is 1. The van der Waals surface area contributed by atoms with Crippen molar-refractivity contribution in [2.24, 2.45) is 0 Å². The normalized spacial score (nSPS) is 12.8. The van der Waals surface area contributed by atoms with Crippen molar-refractivity contribution in [3.8, 4) is 22.3 Å². The topological polar surface area (TPSA) is 81.8 Å². The van der Waals surface area contributed by atoms with Crippen molar-refractivity contribution in [2.45, 2.75) is 38.7 Å². The first-order chi connectivity index (χ1) is 17.3. The van der Waals surface area contributed by atoms with Crippen molar-refractivity contribution >= 4 is 17.3 Å². The van der Waals surface area contributed by atoms with Crippen LogP contribution in [0.5, 0.6) is 11.5 Å². The third-order valence-electron chi connectivity index (χ3n) is 5.81. The monoisotopic (exact) mass is 513 g/mol. The summed E-state index contributed by atoms with van der Waals surface area (Å²) in [5.41, 5.74) is -0.113. The Morgan fingerprint density at radius 2 is 1.86 bits per heavy atom. The largest absolute Gasteiger partial charge is 0.493 e. The Hall–Kier alpha value is -3.72. The first-order valence-electron chi connectivity index (χ1n) is 11.4. The second kappa shape index (κ2) is 10.9. The predicted molar refractivity (Wildman–Crippen MR) is 132 cm³/mol. The number of oxazole rings is 1. The molecule has 0 amide bonds. The van der Waals surface area contributed by atoms with Crippen molar-refractivity contribution in [3.63, 3.8) is 0 Å². The number of halogens is 2. The lowest BCUT2D eigenvalue weighted by molar-refractivity contribution is -0.155. The Kier molecular flexibility index (Phi) is 7.69. The van der Waals surface area contributed by atoms with E-state index in [1.165, 1.54) is 6.07 Å². The fraction of sp³-hybridized carbons (Fsp3) is 0.259. The van der Waals surface area contributed by atoms with E-state index < -0.39 is 23.2 Å². The molecule has 0 radical (unpaired) electrons. The molecule has 6 nitrogen and oxygen atoms in total. The molecule has 0 spiro atoms. The number of ether oxygens (including phenoxy) is 2. The second-order valence-electron chi connectivity index (χ2n) is 8.25. The number of carboxylic acids is 1. The molecule has 0 saturated carbocycles. The van der Waals surface area contributed by atoms with Crippen LogP contribution in [-0.2, 0) is 17.6 Å². The van der Waals surface area contributed by atoms with Gasteiger partial charge in [0.2, 0.25) is 11.5 Å². The Bertz CT molecular complexity index is 1320. The van der Waals surface area contributed by atoms with E-state index in [1.54, 1.807) is 42.5 Å². The molecule has 0 aliphatic rings. The molecule has 1 N–H and O–H groups in total. The van der Waals surface area contributed by atoms with Crippen LogP contribution in [-0.4, -0.2) is 28.3 Å². The maximum atomic E-state index is 13.6. The number of carbonyl (C=O) groups is 1. The summed E-state index contributed by atoms with van der Waals surface area (Å²) in [6, 6.07) is 13.9. The Balaban J connectivity index is 1.38. The fourth-order valence-electron chi connectivity index (χ4n) is 3.73. The van der Waals surface area contributed by atoms with Crippen LogP contribution in [0.4, 0.5) is 8.78 Å². The van der Waals surface area contributed by atoms with E-state index in [0.29, 0.717) is 30.2 Å². The number of hydrogen-bond donors (Lipinski definition) is 1. The Labute approximate surface area is 211 Å². The molecular formula is C27H25F2NO5S. The highest BCUT2D eigenvalue weighted by Gasteiger charge is 2.39. The van der Waals surface area contributed by atoms with Gasteiger partial charge in [-0.2, -0.15) is 0 Å². The lowest BCUT2D eigenvalue weighted by Gasteiger charge is -2.29. The summed E-state index contributed by atoms with van der Waals surface area (Å²) in [6.45, 7) is 3.93. The molecule has 0 aliphatic heterocycles. The maximum Gasteiger partial charge on any atom is 0.348 e.